The van der Waals surface area contributed by atoms with Crippen LogP contribution in [0.1, 0.15) is 0 Å². The standard InChI is InChI=1S/C11H12N4O/c12-8-11(16)14-9-4-1-2-5-10(9)15-7-3-6-13-15/h1-7H,8,12H2,(H,14,16). The van der Waals surface area contributed by atoms with Crippen molar-refractivity contribution in [3.63, 3.8) is 0 Å². The summed E-state index contributed by atoms with van der Waals surface area (Å²) in [7, 11) is 0. The third-order valence-corrected chi connectivity index (χ3v) is 2.11. The fourth-order valence-electron chi connectivity index (χ4n) is 1.39. The smallest absolute Gasteiger partial charge is 0.238 e. The molecule has 0 aliphatic carbocycles. The molecule has 0 saturated heterocycles. The first-order valence-electron chi connectivity index (χ1n) is 4.90. The summed E-state index contributed by atoms with van der Waals surface area (Å²) in [5.74, 6) is -0.223. The van der Waals surface area contributed by atoms with E-state index in [1.807, 2.05) is 36.5 Å². The summed E-state index contributed by atoms with van der Waals surface area (Å²) >= 11 is 0. The monoisotopic (exact) mass is 216 g/mol. The zero-order valence-corrected chi connectivity index (χ0v) is 8.63. The Morgan fingerprint density at radius 1 is 1.38 bits per heavy atom. The number of rotatable bonds is 3. The van der Waals surface area contributed by atoms with Crippen LogP contribution in [0, 0.1) is 0 Å². The summed E-state index contributed by atoms with van der Waals surface area (Å²) < 4.78 is 1.69. The summed E-state index contributed by atoms with van der Waals surface area (Å²) in [5, 5.41) is 6.84. The lowest BCUT2D eigenvalue weighted by Gasteiger charge is -2.09. The Balaban J connectivity index is 2.35. The quantitative estimate of drug-likeness (QED) is 0.795. The lowest BCUT2D eigenvalue weighted by atomic mass is 10.2. The lowest BCUT2D eigenvalue weighted by molar-refractivity contribution is -0.114. The number of hydrogen-bond donors (Lipinski definition) is 2. The van der Waals surface area contributed by atoms with Gasteiger partial charge in [0.05, 0.1) is 17.9 Å². The Bertz CT molecular complexity index is 478. The highest BCUT2D eigenvalue weighted by atomic mass is 16.1. The zero-order valence-electron chi connectivity index (χ0n) is 8.63. The second kappa shape index (κ2) is 4.59. The highest BCUT2D eigenvalue weighted by Crippen LogP contribution is 2.18. The molecule has 0 atom stereocenters. The number of nitrogens with two attached hydrogens (primary N) is 1. The van der Waals surface area contributed by atoms with Crippen LogP contribution in [0.4, 0.5) is 5.69 Å². The van der Waals surface area contributed by atoms with Crippen molar-refractivity contribution in [3.05, 3.63) is 42.7 Å². The van der Waals surface area contributed by atoms with Crippen LogP contribution >= 0.6 is 0 Å². The van der Waals surface area contributed by atoms with Crippen molar-refractivity contribution in [1.29, 1.82) is 0 Å². The second-order valence-electron chi connectivity index (χ2n) is 3.22. The number of carbonyl (C=O) groups excluding carboxylic acids is 1. The molecule has 0 aliphatic rings. The van der Waals surface area contributed by atoms with Gasteiger partial charge in [-0.15, -0.1) is 0 Å². The maximum atomic E-state index is 11.2. The van der Waals surface area contributed by atoms with Crippen LogP contribution in [-0.4, -0.2) is 22.2 Å². The zero-order chi connectivity index (χ0) is 11.4. The molecule has 2 aromatic rings. The van der Waals surface area contributed by atoms with Crippen LogP contribution in [0.3, 0.4) is 0 Å². The minimum atomic E-state index is -0.223. The molecule has 82 valence electrons. The highest BCUT2D eigenvalue weighted by molar-refractivity contribution is 5.94. The molecule has 1 heterocycles. The van der Waals surface area contributed by atoms with Gasteiger partial charge in [0.1, 0.15) is 0 Å². The molecule has 0 bridgehead atoms. The Labute approximate surface area is 92.9 Å². The Kier molecular flexibility index (Phi) is 2.98. The van der Waals surface area contributed by atoms with Crippen molar-refractivity contribution in [2.45, 2.75) is 0 Å². The second-order valence-corrected chi connectivity index (χ2v) is 3.22. The summed E-state index contributed by atoms with van der Waals surface area (Å²) in [6.45, 7) is -0.0343. The Hall–Kier alpha value is -2.14. The lowest BCUT2D eigenvalue weighted by Crippen LogP contribution is -2.22. The summed E-state index contributed by atoms with van der Waals surface area (Å²) in [6, 6.07) is 9.24. The summed E-state index contributed by atoms with van der Waals surface area (Å²) in [6.07, 6.45) is 3.50. The highest BCUT2D eigenvalue weighted by Gasteiger charge is 2.06. The van der Waals surface area contributed by atoms with Gasteiger partial charge in [-0.25, -0.2) is 4.68 Å². The molecule has 1 aromatic carbocycles. The van der Waals surface area contributed by atoms with Gasteiger partial charge in [0, 0.05) is 12.4 Å². The number of nitrogens with zero attached hydrogens (tertiary/aromatic N) is 2. The fourth-order valence-corrected chi connectivity index (χ4v) is 1.39. The van der Waals surface area contributed by atoms with Crippen LogP contribution in [-0.2, 0) is 4.79 Å². The molecule has 0 spiro atoms. The number of amides is 1. The third kappa shape index (κ3) is 2.09. The van der Waals surface area contributed by atoms with Crippen molar-refractivity contribution in [2.75, 3.05) is 11.9 Å². The minimum Gasteiger partial charge on any atom is -0.323 e. The molecule has 0 radical (unpaired) electrons. The summed E-state index contributed by atoms with van der Waals surface area (Å²) in [5.41, 5.74) is 6.76. The Morgan fingerprint density at radius 2 is 2.19 bits per heavy atom. The van der Waals surface area contributed by atoms with Crippen LogP contribution in [0.5, 0.6) is 0 Å². The molecule has 1 amide bonds. The fraction of sp³-hybridized carbons (Fsp3) is 0.0909. The van der Waals surface area contributed by atoms with Crippen LogP contribution in [0.25, 0.3) is 5.69 Å². The first-order valence-corrected chi connectivity index (χ1v) is 4.90. The topological polar surface area (TPSA) is 72.9 Å². The maximum Gasteiger partial charge on any atom is 0.238 e. The van der Waals surface area contributed by atoms with Gasteiger partial charge in [0.15, 0.2) is 0 Å². The van der Waals surface area contributed by atoms with E-state index < -0.39 is 0 Å². The number of carbonyl (C=O) groups is 1. The van der Waals surface area contributed by atoms with Gasteiger partial charge in [-0.2, -0.15) is 5.10 Å². The van der Waals surface area contributed by atoms with E-state index in [0.717, 1.165) is 5.69 Å². The van der Waals surface area contributed by atoms with Crippen molar-refractivity contribution < 1.29 is 4.79 Å². The van der Waals surface area contributed by atoms with Crippen molar-refractivity contribution in [2.24, 2.45) is 5.73 Å². The number of benzene rings is 1. The number of anilines is 1. The molecular formula is C11H12N4O. The van der Waals surface area contributed by atoms with Gasteiger partial charge in [0.2, 0.25) is 5.91 Å². The van der Waals surface area contributed by atoms with Gasteiger partial charge >= 0.3 is 0 Å². The molecule has 5 heteroatoms. The molecule has 1 aromatic heterocycles. The van der Waals surface area contributed by atoms with Gasteiger partial charge in [-0.1, -0.05) is 12.1 Å². The van der Waals surface area contributed by atoms with Crippen molar-refractivity contribution in [1.82, 2.24) is 9.78 Å². The van der Waals surface area contributed by atoms with E-state index in [0.29, 0.717) is 5.69 Å². The molecule has 0 aliphatic heterocycles. The van der Waals surface area contributed by atoms with E-state index in [1.165, 1.54) is 0 Å². The first-order chi connectivity index (χ1) is 7.81. The largest absolute Gasteiger partial charge is 0.323 e. The van der Waals surface area contributed by atoms with Gasteiger partial charge in [0.25, 0.3) is 0 Å². The van der Waals surface area contributed by atoms with E-state index in [-0.39, 0.29) is 12.5 Å². The van der Waals surface area contributed by atoms with Crippen molar-refractivity contribution in [3.8, 4) is 5.69 Å². The van der Waals surface area contributed by atoms with Crippen LogP contribution < -0.4 is 11.1 Å². The van der Waals surface area contributed by atoms with E-state index >= 15 is 0 Å². The first kappa shape index (κ1) is 10.4. The van der Waals surface area contributed by atoms with Crippen molar-refractivity contribution >= 4 is 11.6 Å². The average Bonchev–Trinajstić information content (AvgIpc) is 2.83. The van der Waals surface area contributed by atoms with Gasteiger partial charge < -0.3 is 11.1 Å². The van der Waals surface area contributed by atoms with Crippen LogP contribution in [0.2, 0.25) is 0 Å². The molecule has 16 heavy (non-hydrogen) atoms. The normalized spacial score (nSPS) is 10.1. The predicted molar refractivity (Wildman–Crippen MR) is 61.2 cm³/mol. The Morgan fingerprint density at radius 3 is 2.88 bits per heavy atom. The van der Waals surface area contributed by atoms with E-state index in [4.69, 9.17) is 5.73 Å². The van der Waals surface area contributed by atoms with E-state index in [2.05, 4.69) is 10.4 Å². The third-order valence-electron chi connectivity index (χ3n) is 2.11. The number of aromatic nitrogens is 2. The average molecular weight is 216 g/mol. The number of nitrogens with one attached hydrogen (secondary N) is 1. The number of hydrogen-bond acceptors (Lipinski definition) is 3. The molecular weight excluding hydrogens is 204 g/mol. The molecule has 0 fully saturated rings. The molecule has 0 unspecified atom stereocenters. The van der Waals surface area contributed by atoms with E-state index in [9.17, 15) is 4.79 Å². The maximum absolute atomic E-state index is 11.2. The molecule has 5 nitrogen and oxygen atoms in total. The van der Waals surface area contributed by atoms with Gasteiger partial charge in [-0.05, 0) is 18.2 Å². The predicted octanol–water partition coefficient (Wildman–Crippen LogP) is 0.769. The SMILES string of the molecule is NCC(=O)Nc1ccccc1-n1cccn1. The number of para-hydroxylation sites is 2. The molecule has 0 saturated carbocycles. The van der Waals surface area contributed by atoms with Gasteiger partial charge in [-0.3, -0.25) is 4.79 Å². The summed E-state index contributed by atoms with van der Waals surface area (Å²) in [4.78, 5) is 11.2. The molecule has 2 rings (SSSR count). The molecule has 3 N–H and O–H groups in total. The minimum absolute atomic E-state index is 0.0343. The van der Waals surface area contributed by atoms with E-state index in [1.54, 1.807) is 10.9 Å². The van der Waals surface area contributed by atoms with Crippen LogP contribution in [0.15, 0.2) is 42.7 Å².